The van der Waals surface area contributed by atoms with Gasteiger partial charge in [-0.05, 0) is 23.8 Å². The number of nitrogens with zero attached hydrogens (tertiary/aromatic N) is 2. The Bertz CT molecular complexity index is 1320. The van der Waals surface area contributed by atoms with Gasteiger partial charge in [-0.25, -0.2) is 0 Å². The zero-order valence-corrected chi connectivity index (χ0v) is 19.6. The van der Waals surface area contributed by atoms with Gasteiger partial charge in [0.05, 0.1) is 37.3 Å². The minimum atomic E-state index is 0.587. The number of benzene rings is 3. The molecule has 0 amide bonds. The molecule has 34 heavy (non-hydrogen) atoms. The average Bonchev–Trinajstić information content (AvgIpc) is 3.19. The molecule has 0 saturated carbocycles. The number of rotatable bonds is 8. The minimum Gasteiger partial charge on any atom is -0.439 e. The molecular formula is C29H29N2O3+. The fourth-order valence-electron chi connectivity index (χ4n) is 4.38. The summed E-state index contributed by atoms with van der Waals surface area (Å²) in [7, 11) is 3.73. The van der Waals surface area contributed by atoms with E-state index in [0.717, 1.165) is 45.9 Å². The van der Waals surface area contributed by atoms with Gasteiger partial charge in [-0.15, -0.1) is 0 Å². The SMILES string of the molecule is COCCOCCc1cc(/C=C2\Oc3ccccc3N2C)c2ccccc2[n+]1-c1ccccc1. The fourth-order valence-corrected chi connectivity index (χ4v) is 4.38. The summed E-state index contributed by atoms with van der Waals surface area (Å²) in [6, 6.07) is 29.4. The van der Waals surface area contributed by atoms with Gasteiger partial charge in [0.2, 0.25) is 17.1 Å². The highest BCUT2D eigenvalue weighted by atomic mass is 16.5. The maximum absolute atomic E-state index is 6.19. The molecule has 5 heteroatoms. The normalized spacial score (nSPS) is 13.9. The van der Waals surface area contributed by atoms with Gasteiger partial charge in [0.1, 0.15) is 0 Å². The van der Waals surface area contributed by atoms with Crippen LogP contribution in [0.2, 0.25) is 0 Å². The molecule has 5 nitrogen and oxygen atoms in total. The molecule has 1 aromatic heterocycles. The number of para-hydroxylation sites is 4. The van der Waals surface area contributed by atoms with E-state index in [2.05, 4.69) is 76.2 Å². The van der Waals surface area contributed by atoms with Gasteiger partial charge in [-0.1, -0.05) is 42.5 Å². The second kappa shape index (κ2) is 10.1. The van der Waals surface area contributed by atoms with Crippen molar-refractivity contribution in [2.24, 2.45) is 0 Å². The van der Waals surface area contributed by atoms with Crippen molar-refractivity contribution >= 4 is 22.7 Å². The molecule has 172 valence electrons. The van der Waals surface area contributed by atoms with E-state index < -0.39 is 0 Å². The number of pyridine rings is 1. The quantitative estimate of drug-likeness (QED) is 0.273. The molecule has 0 N–H and O–H groups in total. The number of hydrogen-bond acceptors (Lipinski definition) is 4. The highest BCUT2D eigenvalue weighted by Gasteiger charge is 2.25. The second-order valence-corrected chi connectivity index (χ2v) is 8.25. The molecule has 3 aromatic carbocycles. The summed E-state index contributed by atoms with van der Waals surface area (Å²) in [6.45, 7) is 1.80. The molecule has 5 rings (SSSR count). The molecule has 0 fully saturated rings. The van der Waals surface area contributed by atoms with E-state index in [1.165, 1.54) is 5.69 Å². The van der Waals surface area contributed by atoms with Crippen LogP contribution < -0.4 is 14.2 Å². The van der Waals surface area contributed by atoms with E-state index in [9.17, 15) is 0 Å². The van der Waals surface area contributed by atoms with Crippen LogP contribution in [-0.4, -0.2) is 34.0 Å². The molecule has 4 aromatic rings. The first-order valence-corrected chi connectivity index (χ1v) is 11.6. The van der Waals surface area contributed by atoms with Crippen LogP contribution in [-0.2, 0) is 15.9 Å². The molecule has 0 saturated heterocycles. The highest BCUT2D eigenvalue weighted by molar-refractivity contribution is 5.87. The Morgan fingerprint density at radius 2 is 1.65 bits per heavy atom. The Hall–Kier alpha value is -3.67. The van der Waals surface area contributed by atoms with Crippen molar-refractivity contribution in [3.05, 3.63) is 102 Å². The summed E-state index contributed by atoms with van der Waals surface area (Å²) >= 11 is 0. The lowest BCUT2D eigenvalue weighted by atomic mass is 10.0. The van der Waals surface area contributed by atoms with Crippen molar-refractivity contribution in [3.8, 4) is 11.4 Å². The van der Waals surface area contributed by atoms with E-state index in [4.69, 9.17) is 14.2 Å². The Kier molecular flexibility index (Phi) is 6.56. The van der Waals surface area contributed by atoms with E-state index >= 15 is 0 Å². The molecule has 0 unspecified atom stereocenters. The number of anilines is 1. The van der Waals surface area contributed by atoms with Gasteiger partial charge in [0.25, 0.3) is 0 Å². The van der Waals surface area contributed by atoms with Crippen molar-refractivity contribution < 1.29 is 18.8 Å². The fraction of sp³-hybridized carbons (Fsp3) is 0.207. The summed E-state index contributed by atoms with van der Waals surface area (Å²) in [4.78, 5) is 2.09. The number of aromatic nitrogens is 1. The number of ether oxygens (including phenoxy) is 3. The van der Waals surface area contributed by atoms with Crippen LogP contribution in [0.5, 0.6) is 5.75 Å². The lowest BCUT2D eigenvalue weighted by molar-refractivity contribution is -0.576. The first kappa shape index (κ1) is 22.1. The van der Waals surface area contributed by atoms with Crippen LogP contribution in [0.3, 0.4) is 0 Å². The highest BCUT2D eigenvalue weighted by Crippen LogP contribution is 2.38. The number of methoxy groups -OCH3 is 1. The van der Waals surface area contributed by atoms with E-state index in [1.54, 1.807) is 7.11 Å². The van der Waals surface area contributed by atoms with Gasteiger partial charge < -0.3 is 19.1 Å². The summed E-state index contributed by atoms with van der Waals surface area (Å²) < 4.78 is 19.5. The smallest absolute Gasteiger partial charge is 0.219 e. The molecule has 0 atom stereocenters. The molecule has 0 aliphatic carbocycles. The summed E-state index contributed by atoms with van der Waals surface area (Å²) in [5.41, 5.74) is 5.64. The zero-order valence-electron chi connectivity index (χ0n) is 19.6. The average molecular weight is 454 g/mol. The maximum atomic E-state index is 6.19. The Morgan fingerprint density at radius 1 is 0.882 bits per heavy atom. The van der Waals surface area contributed by atoms with Gasteiger partial charge in [-0.3, -0.25) is 0 Å². The van der Waals surface area contributed by atoms with Gasteiger partial charge in [-0.2, -0.15) is 4.57 Å². The zero-order chi connectivity index (χ0) is 23.3. The minimum absolute atomic E-state index is 0.587. The van der Waals surface area contributed by atoms with E-state index in [-0.39, 0.29) is 0 Å². The largest absolute Gasteiger partial charge is 0.439 e. The van der Waals surface area contributed by atoms with Crippen LogP contribution in [0.1, 0.15) is 11.3 Å². The van der Waals surface area contributed by atoms with Crippen LogP contribution in [0.15, 0.2) is 90.8 Å². The Labute approximate surface area is 200 Å². The van der Waals surface area contributed by atoms with E-state index in [0.29, 0.717) is 19.8 Å². The van der Waals surface area contributed by atoms with Crippen molar-refractivity contribution in [2.75, 3.05) is 38.9 Å². The topological polar surface area (TPSA) is 34.8 Å². The van der Waals surface area contributed by atoms with Gasteiger partial charge in [0.15, 0.2) is 11.4 Å². The van der Waals surface area contributed by atoms with Crippen molar-refractivity contribution in [2.45, 2.75) is 6.42 Å². The Balaban J connectivity index is 1.60. The summed E-state index contributed by atoms with van der Waals surface area (Å²) in [5.74, 6) is 1.69. The van der Waals surface area contributed by atoms with Crippen LogP contribution in [0.25, 0.3) is 22.7 Å². The third-order valence-corrected chi connectivity index (χ3v) is 6.06. The predicted octanol–water partition coefficient (Wildman–Crippen LogP) is 5.15. The second-order valence-electron chi connectivity index (χ2n) is 8.25. The molecule has 0 bridgehead atoms. The standard InChI is InChI=1S/C29H29N2O3/c1-30-27-14-8-9-15-28(27)34-29(30)21-22-20-24(16-17-33-19-18-32-2)31(23-10-4-3-5-11-23)26-13-7-6-12-25(22)26/h3-15,20-21H,16-19H2,1-2H3/q+1. The number of fused-ring (bicyclic) bond motifs is 2. The molecule has 1 aliphatic heterocycles. The predicted molar refractivity (Wildman–Crippen MR) is 135 cm³/mol. The van der Waals surface area contributed by atoms with Crippen molar-refractivity contribution in [1.82, 2.24) is 0 Å². The third-order valence-electron chi connectivity index (χ3n) is 6.06. The third kappa shape index (κ3) is 4.40. The Morgan fingerprint density at radius 3 is 2.47 bits per heavy atom. The molecule has 1 aliphatic rings. The van der Waals surface area contributed by atoms with Crippen molar-refractivity contribution in [1.29, 1.82) is 0 Å². The maximum Gasteiger partial charge on any atom is 0.219 e. The molecule has 2 heterocycles. The molecule has 0 spiro atoms. The van der Waals surface area contributed by atoms with Crippen LogP contribution in [0.4, 0.5) is 5.69 Å². The van der Waals surface area contributed by atoms with Crippen molar-refractivity contribution in [3.63, 3.8) is 0 Å². The van der Waals surface area contributed by atoms with E-state index in [1.807, 2.05) is 31.3 Å². The lowest BCUT2D eigenvalue weighted by Crippen LogP contribution is -2.37. The van der Waals surface area contributed by atoms with Crippen LogP contribution in [0, 0.1) is 0 Å². The monoisotopic (exact) mass is 453 g/mol. The van der Waals surface area contributed by atoms with Gasteiger partial charge >= 0.3 is 0 Å². The summed E-state index contributed by atoms with van der Waals surface area (Å²) in [5, 5.41) is 1.16. The molecule has 0 radical (unpaired) electrons. The molecular weight excluding hydrogens is 424 g/mol. The lowest BCUT2D eigenvalue weighted by Gasteiger charge is -2.13. The van der Waals surface area contributed by atoms with Gasteiger partial charge in [0, 0.05) is 44.5 Å². The first-order valence-electron chi connectivity index (χ1n) is 11.6. The summed E-state index contributed by atoms with van der Waals surface area (Å²) in [6.07, 6.45) is 2.91. The number of hydrogen-bond donors (Lipinski definition) is 0. The first-order chi connectivity index (χ1) is 16.8. The van der Waals surface area contributed by atoms with Crippen LogP contribution >= 0.6 is 0 Å².